The van der Waals surface area contributed by atoms with Gasteiger partial charge >= 0.3 is 12.1 Å². The fourth-order valence-corrected chi connectivity index (χ4v) is 3.64. The van der Waals surface area contributed by atoms with Gasteiger partial charge in [-0.1, -0.05) is 12.1 Å². The van der Waals surface area contributed by atoms with Crippen LogP contribution in [0.1, 0.15) is 21.9 Å². The van der Waals surface area contributed by atoms with E-state index in [1.807, 2.05) is 0 Å². The van der Waals surface area contributed by atoms with Crippen molar-refractivity contribution < 1.29 is 35.5 Å². The highest BCUT2D eigenvalue weighted by Gasteiger charge is 2.33. The van der Waals surface area contributed by atoms with Crippen LogP contribution in [0.3, 0.4) is 0 Å². The van der Waals surface area contributed by atoms with Crippen LogP contribution >= 0.6 is 0 Å². The van der Waals surface area contributed by atoms with Gasteiger partial charge in [-0.2, -0.15) is 17.5 Å². The molecule has 146 valence electrons. The summed E-state index contributed by atoms with van der Waals surface area (Å²) < 4.78 is 74.8. The Morgan fingerprint density at radius 3 is 2.59 bits per heavy atom. The maximum absolute atomic E-state index is 12.9. The predicted molar refractivity (Wildman–Crippen MR) is 89.3 cm³/mol. The summed E-state index contributed by atoms with van der Waals surface area (Å²) in [6.45, 7) is 2.98. The number of halogens is 3. The maximum atomic E-state index is 12.9. The van der Waals surface area contributed by atoms with Crippen LogP contribution in [0.4, 0.5) is 13.2 Å². The summed E-state index contributed by atoms with van der Waals surface area (Å²) in [5.74, 6) is -0.743. The Hall–Kier alpha value is -2.59. The van der Waals surface area contributed by atoms with Gasteiger partial charge in [-0.15, -0.1) is 6.58 Å². The molecule has 10 heteroatoms. The Morgan fingerprint density at radius 2 is 2.00 bits per heavy atom. The van der Waals surface area contributed by atoms with Crippen LogP contribution in [0, 0.1) is 0 Å². The Bertz CT molecular complexity index is 934. The molecule has 0 unspecified atom stereocenters. The van der Waals surface area contributed by atoms with E-state index in [1.54, 1.807) is 0 Å². The molecule has 0 saturated heterocycles. The number of rotatable bonds is 7. The third kappa shape index (κ3) is 4.77. The number of furan rings is 1. The van der Waals surface area contributed by atoms with E-state index in [4.69, 9.17) is 4.42 Å². The van der Waals surface area contributed by atoms with Gasteiger partial charge in [0, 0.05) is 6.54 Å². The Morgan fingerprint density at radius 1 is 1.30 bits per heavy atom. The van der Waals surface area contributed by atoms with Gasteiger partial charge in [0.15, 0.2) is 0 Å². The van der Waals surface area contributed by atoms with Gasteiger partial charge in [0.1, 0.15) is 5.76 Å². The molecule has 2 rings (SSSR count). The monoisotopic (exact) mass is 403 g/mol. The number of carbonyl (C=O) groups excluding carboxylic acids is 1. The smallest absolute Gasteiger partial charge is 0.416 e. The van der Waals surface area contributed by atoms with Gasteiger partial charge in [-0.05, 0) is 30.3 Å². The van der Waals surface area contributed by atoms with Crippen LogP contribution in [-0.2, 0) is 27.5 Å². The van der Waals surface area contributed by atoms with Crippen molar-refractivity contribution in [2.24, 2.45) is 0 Å². The number of carbonyl (C=O) groups is 1. The van der Waals surface area contributed by atoms with Crippen LogP contribution < -0.4 is 0 Å². The molecule has 0 bridgehead atoms. The molecule has 0 aliphatic carbocycles. The van der Waals surface area contributed by atoms with Crippen molar-refractivity contribution in [3.05, 3.63) is 66.1 Å². The Labute approximate surface area is 153 Å². The number of ether oxygens (including phenoxy) is 1. The van der Waals surface area contributed by atoms with Crippen molar-refractivity contribution in [1.29, 1.82) is 0 Å². The Balaban J connectivity index is 2.36. The van der Waals surface area contributed by atoms with Crippen molar-refractivity contribution in [1.82, 2.24) is 4.31 Å². The lowest BCUT2D eigenvalue weighted by atomic mass is 10.2. The number of esters is 1. The SMILES string of the molecule is C=CCN(Cc1ccc(C(=O)OC)o1)S(=O)(=O)c1cccc(C(F)(F)F)c1. The van der Waals surface area contributed by atoms with Gasteiger partial charge in [0.25, 0.3) is 0 Å². The standard InChI is InChI=1S/C17H16F3NO5S/c1-3-9-21(11-13-7-8-15(26-13)16(22)25-2)27(23,24)14-6-4-5-12(10-14)17(18,19)20/h3-8,10H,1,9,11H2,2H3. The largest absolute Gasteiger partial charge is 0.463 e. The molecule has 0 amide bonds. The van der Waals surface area contributed by atoms with Crippen LogP contribution in [-0.4, -0.2) is 32.3 Å². The summed E-state index contributed by atoms with van der Waals surface area (Å²) in [4.78, 5) is 10.9. The van der Waals surface area contributed by atoms with E-state index in [2.05, 4.69) is 11.3 Å². The summed E-state index contributed by atoms with van der Waals surface area (Å²) in [7, 11) is -3.12. The third-order valence-electron chi connectivity index (χ3n) is 3.51. The van der Waals surface area contributed by atoms with E-state index < -0.39 is 32.6 Å². The van der Waals surface area contributed by atoms with Crippen molar-refractivity contribution in [3.8, 4) is 0 Å². The molecule has 6 nitrogen and oxygen atoms in total. The minimum atomic E-state index is -4.68. The highest BCUT2D eigenvalue weighted by atomic mass is 32.2. The van der Waals surface area contributed by atoms with Crippen LogP contribution in [0.25, 0.3) is 0 Å². The summed E-state index contributed by atoms with van der Waals surface area (Å²) in [6.07, 6.45) is -3.39. The zero-order chi connectivity index (χ0) is 20.2. The number of methoxy groups -OCH3 is 1. The molecule has 0 atom stereocenters. The van der Waals surface area contributed by atoms with E-state index in [-0.39, 0.29) is 24.6 Å². The molecule has 0 spiro atoms. The first-order chi connectivity index (χ1) is 12.6. The van der Waals surface area contributed by atoms with E-state index >= 15 is 0 Å². The summed E-state index contributed by atoms with van der Waals surface area (Å²) in [5.41, 5.74) is -1.08. The quantitative estimate of drug-likeness (QED) is 0.523. The molecule has 1 aromatic heterocycles. The van der Waals surface area contributed by atoms with Crippen LogP contribution in [0.5, 0.6) is 0 Å². The molecule has 0 aliphatic rings. The Kier molecular flexibility index (Phi) is 6.11. The number of hydrogen-bond acceptors (Lipinski definition) is 5. The minimum Gasteiger partial charge on any atom is -0.463 e. The second-order valence-corrected chi connectivity index (χ2v) is 7.31. The van der Waals surface area contributed by atoms with Crippen LogP contribution in [0.15, 0.2) is 58.4 Å². The highest BCUT2D eigenvalue weighted by molar-refractivity contribution is 7.89. The lowest BCUT2D eigenvalue weighted by molar-refractivity contribution is -0.137. The topological polar surface area (TPSA) is 76.8 Å². The van der Waals surface area contributed by atoms with Crippen molar-refractivity contribution >= 4 is 16.0 Å². The number of alkyl halides is 3. The minimum absolute atomic E-state index is 0.118. The fraction of sp³-hybridized carbons (Fsp3) is 0.235. The summed E-state index contributed by atoms with van der Waals surface area (Å²) >= 11 is 0. The zero-order valence-corrected chi connectivity index (χ0v) is 15.0. The van der Waals surface area contributed by atoms with Gasteiger partial charge in [-0.3, -0.25) is 0 Å². The lowest BCUT2D eigenvalue weighted by Gasteiger charge is -2.20. The second kappa shape index (κ2) is 7.97. The average molecular weight is 403 g/mol. The van der Waals surface area contributed by atoms with Gasteiger partial charge in [-0.25, -0.2) is 13.2 Å². The maximum Gasteiger partial charge on any atom is 0.416 e. The molecule has 27 heavy (non-hydrogen) atoms. The first-order valence-corrected chi connectivity index (χ1v) is 8.99. The fourth-order valence-electron chi connectivity index (χ4n) is 2.22. The molecule has 0 fully saturated rings. The highest BCUT2D eigenvalue weighted by Crippen LogP contribution is 2.31. The molecule has 1 aromatic carbocycles. The molecule has 0 N–H and O–H groups in total. The van der Waals surface area contributed by atoms with Gasteiger partial charge in [0.2, 0.25) is 15.8 Å². The molecular formula is C17H16F3NO5S. The normalized spacial score (nSPS) is 12.2. The van der Waals surface area contributed by atoms with Gasteiger partial charge < -0.3 is 9.15 Å². The molecule has 1 heterocycles. The summed E-state index contributed by atoms with van der Waals surface area (Å²) in [5, 5.41) is 0. The molecule has 0 aliphatic heterocycles. The predicted octanol–water partition coefficient (Wildman–Crippen LogP) is 3.46. The average Bonchev–Trinajstić information content (AvgIpc) is 3.08. The third-order valence-corrected chi connectivity index (χ3v) is 5.32. The summed E-state index contributed by atoms with van der Waals surface area (Å²) in [6, 6.07) is 6.13. The first kappa shape index (κ1) is 20.7. The lowest BCUT2D eigenvalue weighted by Crippen LogP contribution is -2.31. The number of sulfonamides is 1. The molecular weight excluding hydrogens is 387 g/mol. The number of hydrogen-bond donors (Lipinski definition) is 0. The van der Waals surface area contributed by atoms with Crippen molar-refractivity contribution in [2.45, 2.75) is 17.6 Å². The first-order valence-electron chi connectivity index (χ1n) is 7.55. The second-order valence-electron chi connectivity index (χ2n) is 5.37. The molecule has 2 aromatic rings. The van der Waals surface area contributed by atoms with Gasteiger partial charge in [0.05, 0.1) is 24.1 Å². The number of benzene rings is 1. The van der Waals surface area contributed by atoms with E-state index in [0.29, 0.717) is 6.07 Å². The molecule has 0 radical (unpaired) electrons. The van der Waals surface area contributed by atoms with Crippen LogP contribution in [0.2, 0.25) is 0 Å². The zero-order valence-electron chi connectivity index (χ0n) is 14.2. The number of nitrogens with zero attached hydrogens (tertiary/aromatic N) is 1. The van der Waals surface area contributed by atoms with E-state index in [0.717, 1.165) is 29.6 Å². The van der Waals surface area contributed by atoms with Crippen molar-refractivity contribution in [3.63, 3.8) is 0 Å². The van der Waals surface area contributed by atoms with E-state index in [9.17, 15) is 26.4 Å². The van der Waals surface area contributed by atoms with E-state index in [1.165, 1.54) is 18.2 Å². The molecule has 0 saturated carbocycles. The van der Waals surface area contributed by atoms with Crippen molar-refractivity contribution in [2.75, 3.05) is 13.7 Å².